The molecule has 0 saturated carbocycles. The number of aliphatic hydroxyl groups excluding tert-OH is 1. The number of hydrogen-bond donors (Lipinski definition) is 3. The maximum atomic E-state index is 8.69. The minimum atomic E-state index is -1.20. The molecule has 0 fully saturated rings. The first kappa shape index (κ1) is 27.3. The highest BCUT2D eigenvalue weighted by Gasteiger charge is 1.95. The Morgan fingerprint density at radius 1 is 0.680 bits per heavy atom. The van der Waals surface area contributed by atoms with Gasteiger partial charge in [-0.05, 0) is 18.9 Å². The van der Waals surface area contributed by atoms with Crippen LogP contribution < -0.4 is 22.3 Å². The molecule has 0 aromatic heterocycles. The number of aliphatic hydroxyl groups is 2. The van der Waals surface area contributed by atoms with Crippen molar-refractivity contribution in [3.05, 3.63) is 12.2 Å². The lowest BCUT2D eigenvalue weighted by molar-refractivity contribution is -0.646. The fourth-order valence-corrected chi connectivity index (χ4v) is 3.01. The van der Waals surface area contributed by atoms with E-state index < -0.39 is 6.29 Å². The summed E-state index contributed by atoms with van der Waals surface area (Å²) in [5.41, 5.74) is 0. The Morgan fingerprint density at radius 2 is 1.12 bits per heavy atom. The van der Waals surface area contributed by atoms with E-state index in [4.69, 9.17) is 10.2 Å². The quantitative estimate of drug-likeness (QED) is 0.167. The molecule has 0 aromatic carbocycles. The molecule has 0 aliphatic carbocycles. The average Bonchev–Trinajstić information content (AvgIpc) is 2.56. The zero-order chi connectivity index (χ0) is 17.7. The Kier molecular flexibility index (Phi) is 26.3. The number of nitrogens with two attached hydrogens (primary N) is 1. The van der Waals surface area contributed by atoms with Gasteiger partial charge in [0.2, 0.25) is 0 Å². The first-order valence-electron chi connectivity index (χ1n) is 10.6. The van der Waals surface area contributed by atoms with E-state index in [0.717, 1.165) is 6.54 Å². The second-order valence-electron chi connectivity index (χ2n) is 7.10. The summed E-state index contributed by atoms with van der Waals surface area (Å²) >= 11 is 0. The van der Waals surface area contributed by atoms with Crippen LogP contribution >= 0.6 is 0 Å². The molecule has 0 radical (unpaired) electrons. The van der Waals surface area contributed by atoms with Crippen LogP contribution in [-0.2, 0) is 0 Å². The third kappa shape index (κ3) is 26.4. The van der Waals surface area contributed by atoms with E-state index in [-0.39, 0.29) is 17.0 Å². The van der Waals surface area contributed by atoms with E-state index in [1.54, 1.807) is 0 Å². The maximum absolute atomic E-state index is 8.69. The summed E-state index contributed by atoms with van der Waals surface area (Å²) in [4.78, 5) is 0. The van der Waals surface area contributed by atoms with Gasteiger partial charge in [-0.3, -0.25) is 0 Å². The molecule has 0 saturated heterocycles. The van der Waals surface area contributed by atoms with Crippen molar-refractivity contribution in [2.75, 3.05) is 13.1 Å². The zero-order valence-electron chi connectivity index (χ0n) is 16.6. The summed E-state index contributed by atoms with van der Waals surface area (Å²) in [5, 5.41) is 19.7. The normalized spacial score (nSPS) is 11.4. The van der Waals surface area contributed by atoms with Crippen molar-refractivity contribution in [1.29, 1.82) is 0 Å². The Hall–Kier alpha value is 0.100. The van der Waals surface area contributed by atoms with E-state index in [0.29, 0.717) is 6.42 Å². The van der Waals surface area contributed by atoms with Crippen LogP contribution in [0.2, 0.25) is 0 Å². The predicted octanol–water partition coefficient (Wildman–Crippen LogP) is 1.29. The van der Waals surface area contributed by atoms with Gasteiger partial charge in [-0.25, -0.2) is 0 Å². The average molecular weight is 422 g/mol. The second-order valence-corrected chi connectivity index (χ2v) is 7.10. The Bertz CT molecular complexity index is 260. The summed E-state index contributed by atoms with van der Waals surface area (Å²) in [6.07, 6.45) is 22.7. The van der Waals surface area contributed by atoms with E-state index in [2.05, 4.69) is 12.2 Å². The molecule has 0 aliphatic heterocycles. The third-order valence-electron chi connectivity index (χ3n) is 4.58. The molecule has 3 nitrogen and oxygen atoms in total. The van der Waals surface area contributed by atoms with Crippen LogP contribution in [0.1, 0.15) is 103 Å². The fraction of sp³-hybridized carbons (Fsp3) is 0.905. The number of quaternary nitrogens is 1. The molecule has 0 aromatic rings. The SMILES string of the molecule is CCCCCCCCCCCCCCCC[NH2+]CC=CCC(O)O.[Br-]. The van der Waals surface area contributed by atoms with Gasteiger partial charge in [0.25, 0.3) is 0 Å². The van der Waals surface area contributed by atoms with Crippen molar-refractivity contribution in [3.63, 3.8) is 0 Å². The van der Waals surface area contributed by atoms with Crippen molar-refractivity contribution < 1.29 is 32.5 Å². The van der Waals surface area contributed by atoms with Crippen LogP contribution in [0.3, 0.4) is 0 Å². The first-order chi connectivity index (χ1) is 11.8. The van der Waals surface area contributed by atoms with Crippen LogP contribution in [0, 0.1) is 0 Å². The van der Waals surface area contributed by atoms with Crippen molar-refractivity contribution in [2.45, 2.75) is 110 Å². The Labute approximate surface area is 167 Å². The molecule has 4 heteroatoms. The van der Waals surface area contributed by atoms with Crippen molar-refractivity contribution in [2.24, 2.45) is 0 Å². The largest absolute Gasteiger partial charge is 1.00 e. The minimum absolute atomic E-state index is 0. The Balaban J connectivity index is 0. The summed E-state index contributed by atoms with van der Waals surface area (Å²) in [6.45, 7) is 4.42. The number of unbranched alkanes of at least 4 members (excludes halogenated alkanes) is 13. The molecule has 0 spiro atoms. The first-order valence-corrected chi connectivity index (χ1v) is 10.6. The molecule has 0 amide bonds. The lowest BCUT2D eigenvalue weighted by Gasteiger charge is -2.03. The van der Waals surface area contributed by atoms with Crippen molar-refractivity contribution in [1.82, 2.24) is 0 Å². The van der Waals surface area contributed by atoms with Gasteiger partial charge < -0.3 is 32.5 Å². The third-order valence-corrected chi connectivity index (χ3v) is 4.58. The number of hydrogen-bond acceptors (Lipinski definition) is 2. The number of rotatable bonds is 19. The molecule has 0 unspecified atom stereocenters. The van der Waals surface area contributed by atoms with E-state index in [1.165, 1.54) is 96.4 Å². The van der Waals surface area contributed by atoms with Crippen LogP contribution in [0.4, 0.5) is 0 Å². The van der Waals surface area contributed by atoms with Crippen LogP contribution in [0.25, 0.3) is 0 Å². The molecule has 0 aliphatic rings. The van der Waals surface area contributed by atoms with Crippen LogP contribution in [-0.4, -0.2) is 29.6 Å². The number of halogens is 1. The molecular weight excluding hydrogens is 378 g/mol. The molecule has 0 bridgehead atoms. The van der Waals surface area contributed by atoms with Gasteiger partial charge >= 0.3 is 0 Å². The summed E-state index contributed by atoms with van der Waals surface area (Å²) in [5.74, 6) is 0. The van der Waals surface area contributed by atoms with Gasteiger partial charge in [-0.1, -0.05) is 90.0 Å². The minimum Gasteiger partial charge on any atom is -1.00 e. The zero-order valence-corrected chi connectivity index (χ0v) is 18.2. The predicted molar refractivity (Wildman–Crippen MR) is 104 cm³/mol. The van der Waals surface area contributed by atoms with Gasteiger partial charge in [0.15, 0.2) is 6.29 Å². The summed E-state index contributed by atoms with van der Waals surface area (Å²) in [6, 6.07) is 0. The summed E-state index contributed by atoms with van der Waals surface area (Å²) in [7, 11) is 0. The lowest BCUT2D eigenvalue weighted by Crippen LogP contribution is -3.00. The highest BCUT2D eigenvalue weighted by Crippen LogP contribution is 2.12. The van der Waals surface area contributed by atoms with Gasteiger partial charge in [0, 0.05) is 6.42 Å². The molecule has 0 rings (SSSR count). The van der Waals surface area contributed by atoms with Crippen molar-refractivity contribution >= 4 is 0 Å². The monoisotopic (exact) mass is 421 g/mol. The van der Waals surface area contributed by atoms with Gasteiger partial charge in [-0.15, -0.1) is 0 Å². The Morgan fingerprint density at radius 3 is 1.56 bits per heavy atom. The molecule has 4 N–H and O–H groups in total. The van der Waals surface area contributed by atoms with Crippen molar-refractivity contribution in [3.8, 4) is 0 Å². The molecular formula is C21H44BrNO2. The second kappa shape index (κ2) is 24.1. The smallest absolute Gasteiger partial charge is 0.154 e. The van der Waals surface area contributed by atoms with Gasteiger partial charge in [0.05, 0.1) is 13.1 Å². The standard InChI is InChI=1S/C21H43NO2.BrH/c1-2-3-4-5-6-7-8-9-10-11-12-13-14-16-19-22-20-17-15-18-21(23)24;/h15,17,21-24H,2-14,16,18-20H2,1H3;1H. The lowest BCUT2D eigenvalue weighted by atomic mass is 10.0. The van der Waals surface area contributed by atoms with Gasteiger partial charge in [-0.2, -0.15) is 0 Å². The van der Waals surface area contributed by atoms with Crippen LogP contribution in [0.15, 0.2) is 12.2 Å². The molecule has 0 atom stereocenters. The molecule has 152 valence electrons. The van der Waals surface area contributed by atoms with E-state index in [1.807, 2.05) is 12.2 Å². The van der Waals surface area contributed by atoms with Crippen LogP contribution in [0.5, 0.6) is 0 Å². The van der Waals surface area contributed by atoms with E-state index in [9.17, 15) is 0 Å². The highest BCUT2D eigenvalue weighted by atomic mass is 79.9. The highest BCUT2D eigenvalue weighted by molar-refractivity contribution is 4.80. The molecule has 0 heterocycles. The topological polar surface area (TPSA) is 57.1 Å². The summed E-state index contributed by atoms with van der Waals surface area (Å²) < 4.78 is 0. The maximum Gasteiger partial charge on any atom is 0.154 e. The fourth-order valence-electron chi connectivity index (χ4n) is 3.01. The van der Waals surface area contributed by atoms with Gasteiger partial charge in [0.1, 0.15) is 0 Å². The van der Waals surface area contributed by atoms with E-state index >= 15 is 0 Å². The molecule has 25 heavy (non-hydrogen) atoms.